The molecule has 23 heavy (non-hydrogen) atoms. The number of aryl methyl sites for hydroxylation is 1. The van der Waals surface area contributed by atoms with Gasteiger partial charge in [-0.05, 0) is 37.8 Å². The van der Waals surface area contributed by atoms with Crippen molar-refractivity contribution in [3.05, 3.63) is 23.5 Å². The number of morpholine rings is 1. The van der Waals surface area contributed by atoms with Gasteiger partial charge >= 0.3 is 6.03 Å². The van der Waals surface area contributed by atoms with Crippen LogP contribution in [0.15, 0.2) is 12.3 Å². The van der Waals surface area contributed by atoms with Crippen molar-refractivity contribution in [2.24, 2.45) is 0 Å². The van der Waals surface area contributed by atoms with Crippen molar-refractivity contribution in [2.45, 2.75) is 52.2 Å². The van der Waals surface area contributed by atoms with E-state index >= 15 is 0 Å². The van der Waals surface area contributed by atoms with Gasteiger partial charge in [-0.2, -0.15) is 0 Å². The second-order valence-electron chi connectivity index (χ2n) is 6.46. The molecule has 1 aromatic rings. The number of nitrogens with zero attached hydrogens (tertiary/aromatic N) is 2. The van der Waals surface area contributed by atoms with Crippen LogP contribution in [0.1, 0.15) is 44.4 Å². The average molecular weight is 321 g/mol. The first kappa shape index (κ1) is 17.7. The Hall–Kier alpha value is -1.66. The van der Waals surface area contributed by atoms with Gasteiger partial charge in [-0.3, -0.25) is 4.98 Å². The molecule has 2 heterocycles. The summed E-state index contributed by atoms with van der Waals surface area (Å²) in [6.45, 7) is 9.14. The molecule has 2 N–H and O–H groups in total. The fourth-order valence-corrected chi connectivity index (χ4v) is 2.88. The summed E-state index contributed by atoms with van der Waals surface area (Å²) in [4.78, 5) is 18.8. The van der Waals surface area contributed by atoms with Crippen LogP contribution in [-0.2, 0) is 4.74 Å². The lowest BCUT2D eigenvalue weighted by atomic mass is 10.0. The van der Waals surface area contributed by atoms with Gasteiger partial charge < -0.3 is 20.1 Å². The van der Waals surface area contributed by atoms with E-state index in [1.54, 1.807) is 11.1 Å². The number of ether oxygens (including phenoxy) is 1. The molecule has 1 saturated heterocycles. The smallest absolute Gasteiger partial charge is 0.322 e. The van der Waals surface area contributed by atoms with Gasteiger partial charge in [0.05, 0.1) is 23.6 Å². The molecule has 128 valence electrons. The number of hydrogen-bond donors (Lipinski definition) is 2. The highest BCUT2D eigenvalue weighted by atomic mass is 16.5. The summed E-state index contributed by atoms with van der Waals surface area (Å²) >= 11 is 0. The largest absolute Gasteiger partial charge is 0.396 e. The normalized spacial score (nSPS) is 21.6. The Balaban J connectivity index is 2.13. The Kier molecular flexibility index (Phi) is 5.96. The molecule has 0 aliphatic carbocycles. The van der Waals surface area contributed by atoms with E-state index < -0.39 is 0 Å². The fraction of sp³-hybridized carbons (Fsp3) is 0.647. The van der Waals surface area contributed by atoms with E-state index in [2.05, 4.69) is 24.1 Å². The third-order valence-corrected chi connectivity index (χ3v) is 4.03. The van der Waals surface area contributed by atoms with Crippen LogP contribution in [0.4, 0.5) is 10.5 Å². The van der Waals surface area contributed by atoms with E-state index in [-0.39, 0.29) is 30.8 Å². The molecule has 2 amide bonds. The third-order valence-electron chi connectivity index (χ3n) is 4.03. The molecule has 2 rings (SSSR count). The van der Waals surface area contributed by atoms with Crippen molar-refractivity contribution in [3.8, 4) is 0 Å². The second kappa shape index (κ2) is 7.75. The Morgan fingerprint density at radius 3 is 2.91 bits per heavy atom. The predicted octanol–water partition coefficient (Wildman–Crippen LogP) is 2.52. The molecule has 2 atom stereocenters. The molecule has 0 bridgehead atoms. The molecular weight excluding hydrogens is 294 g/mol. The number of aliphatic hydroxyl groups excluding tert-OH is 1. The molecule has 1 aromatic heterocycles. The van der Waals surface area contributed by atoms with Crippen molar-refractivity contribution in [2.75, 3.05) is 25.0 Å². The number of hydrogen-bond acceptors (Lipinski definition) is 4. The monoisotopic (exact) mass is 321 g/mol. The first-order valence-corrected chi connectivity index (χ1v) is 8.20. The maximum Gasteiger partial charge on any atom is 0.322 e. The number of amides is 2. The quantitative estimate of drug-likeness (QED) is 0.893. The summed E-state index contributed by atoms with van der Waals surface area (Å²) in [5.74, 6) is 0.232. The maximum absolute atomic E-state index is 12.7. The van der Waals surface area contributed by atoms with Crippen LogP contribution in [0.25, 0.3) is 0 Å². The van der Waals surface area contributed by atoms with E-state index in [9.17, 15) is 4.79 Å². The number of aliphatic hydroxyl groups is 1. The highest BCUT2D eigenvalue weighted by Gasteiger charge is 2.28. The highest BCUT2D eigenvalue weighted by molar-refractivity contribution is 5.91. The van der Waals surface area contributed by atoms with Gasteiger partial charge in [0.25, 0.3) is 0 Å². The summed E-state index contributed by atoms with van der Waals surface area (Å²) in [6, 6.07) is 1.76. The standard InChI is InChI=1S/C17H27N3O3/c1-11(2)15-16(12(3)5-7-18-15)19-17(22)20-9-13(4)23-14(10-20)6-8-21/h5,7,11,13-14,21H,6,8-10H2,1-4H3,(H,19,22). The second-order valence-corrected chi connectivity index (χ2v) is 6.46. The van der Waals surface area contributed by atoms with Crippen LogP contribution in [0.3, 0.4) is 0 Å². The van der Waals surface area contributed by atoms with Gasteiger partial charge in [0.1, 0.15) is 0 Å². The number of anilines is 1. The summed E-state index contributed by atoms with van der Waals surface area (Å²) in [7, 11) is 0. The van der Waals surface area contributed by atoms with Crippen LogP contribution in [-0.4, -0.2) is 52.9 Å². The Bertz CT molecular complexity index is 548. The van der Waals surface area contributed by atoms with Gasteiger partial charge in [0, 0.05) is 25.9 Å². The Labute approximate surface area is 137 Å². The molecule has 0 spiro atoms. The zero-order valence-electron chi connectivity index (χ0n) is 14.4. The van der Waals surface area contributed by atoms with Crippen molar-refractivity contribution in [1.29, 1.82) is 0 Å². The number of carbonyl (C=O) groups excluding carboxylic acids is 1. The number of carbonyl (C=O) groups is 1. The summed E-state index contributed by atoms with van der Waals surface area (Å²) in [5, 5.41) is 12.1. The van der Waals surface area contributed by atoms with Crippen LogP contribution in [0.2, 0.25) is 0 Å². The third kappa shape index (κ3) is 4.42. The molecule has 1 aliphatic heterocycles. The molecule has 2 unspecified atom stereocenters. The zero-order valence-corrected chi connectivity index (χ0v) is 14.4. The summed E-state index contributed by atoms with van der Waals surface area (Å²) in [5.41, 5.74) is 2.70. The number of rotatable bonds is 4. The predicted molar refractivity (Wildman–Crippen MR) is 89.7 cm³/mol. The SMILES string of the molecule is Cc1ccnc(C(C)C)c1NC(=O)N1CC(C)OC(CCO)C1. The Morgan fingerprint density at radius 2 is 2.26 bits per heavy atom. The molecule has 0 saturated carbocycles. The number of aromatic nitrogens is 1. The van der Waals surface area contributed by atoms with Gasteiger partial charge in [-0.1, -0.05) is 13.8 Å². The molecular formula is C17H27N3O3. The topological polar surface area (TPSA) is 74.7 Å². The van der Waals surface area contributed by atoms with E-state index in [0.29, 0.717) is 19.5 Å². The molecule has 1 fully saturated rings. The Morgan fingerprint density at radius 1 is 1.52 bits per heavy atom. The number of pyridine rings is 1. The lowest BCUT2D eigenvalue weighted by Crippen LogP contribution is -2.50. The molecule has 0 radical (unpaired) electrons. The van der Waals surface area contributed by atoms with Crippen molar-refractivity contribution in [3.63, 3.8) is 0 Å². The zero-order chi connectivity index (χ0) is 17.0. The van der Waals surface area contributed by atoms with E-state index in [0.717, 1.165) is 16.9 Å². The highest BCUT2D eigenvalue weighted by Crippen LogP contribution is 2.26. The van der Waals surface area contributed by atoms with Crippen molar-refractivity contribution in [1.82, 2.24) is 9.88 Å². The minimum absolute atomic E-state index is 0.0365. The van der Waals surface area contributed by atoms with E-state index in [1.807, 2.05) is 19.9 Å². The van der Waals surface area contributed by atoms with E-state index in [4.69, 9.17) is 9.84 Å². The lowest BCUT2D eigenvalue weighted by Gasteiger charge is -2.36. The number of urea groups is 1. The van der Waals surface area contributed by atoms with Crippen LogP contribution in [0, 0.1) is 6.92 Å². The van der Waals surface area contributed by atoms with Gasteiger partial charge in [-0.15, -0.1) is 0 Å². The lowest BCUT2D eigenvalue weighted by molar-refractivity contribution is -0.0700. The minimum atomic E-state index is -0.138. The van der Waals surface area contributed by atoms with Crippen LogP contribution < -0.4 is 5.32 Å². The average Bonchev–Trinajstić information content (AvgIpc) is 2.48. The van der Waals surface area contributed by atoms with Crippen LogP contribution >= 0.6 is 0 Å². The summed E-state index contributed by atoms with van der Waals surface area (Å²) in [6.07, 6.45) is 2.16. The first-order chi connectivity index (χ1) is 10.9. The molecule has 0 aromatic carbocycles. The molecule has 6 nitrogen and oxygen atoms in total. The fourth-order valence-electron chi connectivity index (χ4n) is 2.88. The maximum atomic E-state index is 12.7. The van der Waals surface area contributed by atoms with Gasteiger partial charge in [-0.25, -0.2) is 4.79 Å². The molecule has 6 heteroatoms. The van der Waals surface area contributed by atoms with Crippen molar-refractivity contribution >= 4 is 11.7 Å². The van der Waals surface area contributed by atoms with E-state index in [1.165, 1.54) is 0 Å². The van der Waals surface area contributed by atoms with Crippen LogP contribution in [0.5, 0.6) is 0 Å². The molecule has 1 aliphatic rings. The van der Waals surface area contributed by atoms with Gasteiger partial charge in [0.2, 0.25) is 0 Å². The minimum Gasteiger partial charge on any atom is -0.396 e. The number of nitrogens with one attached hydrogen (secondary N) is 1. The van der Waals surface area contributed by atoms with Crippen molar-refractivity contribution < 1.29 is 14.6 Å². The van der Waals surface area contributed by atoms with Gasteiger partial charge in [0.15, 0.2) is 0 Å². The first-order valence-electron chi connectivity index (χ1n) is 8.20. The summed E-state index contributed by atoms with van der Waals surface area (Å²) < 4.78 is 5.75.